The molecule has 0 aliphatic carbocycles. The van der Waals surface area contributed by atoms with Crippen LogP contribution in [0.15, 0.2) is 0 Å². The van der Waals surface area contributed by atoms with Gasteiger partial charge in [-0.2, -0.15) is 0 Å². The average molecular weight is 470 g/mol. The Morgan fingerprint density at radius 1 is 0.225 bits per heavy atom. The van der Waals surface area contributed by atoms with Crippen LogP contribution in [0.4, 0.5) is 0 Å². The third-order valence-electron chi connectivity index (χ3n) is 7.80. The lowest BCUT2D eigenvalue weighted by atomic mass is 9.61. The maximum Gasteiger partial charge on any atom is 0.115 e. The third-order valence-corrected chi connectivity index (χ3v) is 7.80. The SMILES string of the molecule is [B]c1c([B])c([B])c2c([nH]c3c([B])c([B])c(-c4c([B])c([B])c5[nH]c6c([B])c([B])c([B])c([B])c6c5c4[B])c([B])c32)c1[B]. The highest BCUT2D eigenvalue weighted by atomic mass is 14.7. The Morgan fingerprint density at radius 3 is 0.750 bits per heavy atom. The highest BCUT2D eigenvalue weighted by Crippen LogP contribution is 2.25. The molecule has 2 heterocycles. The predicted octanol–water partition coefficient (Wildman–Crippen LogP) is -10.3. The minimum atomic E-state index is 0.0721. The molecular formula is C24H2B14N2. The van der Waals surface area contributed by atoms with Crippen LogP contribution in [0, 0.1) is 0 Å². The first kappa shape index (κ1) is 27.6. The summed E-state index contributed by atoms with van der Waals surface area (Å²) in [4.78, 5) is 6.25. The van der Waals surface area contributed by atoms with E-state index < -0.39 is 0 Å². The zero-order valence-electron chi connectivity index (χ0n) is 21.1. The van der Waals surface area contributed by atoms with Gasteiger partial charge in [0.25, 0.3) is 0 Å². The average Bonchev–Trinajstić information content (AvgIpc) is 3.53. The molecule has 0 amide bonds. The van der Waals surface area contributed by atoms with Gasteiger partial charge in [-0.3, -0.25) is 0 Å². The van der Waals surface area contributed by atoms with E-state index in [0.29, 0.717) is 43.6 Å². The molecule has 0 saturated carbocycles. The fourth-order valence-electron chi connectivity index (χ4n) is 5.62. The molecule has 6 aromatic rings. The first-order valence-corrected chi connectivity index (χ1v) is 11.8. The van der Waals surface area contributed by atoms with Crippen molar-refractivity contribution in [3.63, 3.8) is 0 Å². The van der Waals surface area contributed by atoms with Gasteiger partial charge in [-0.15, -0.1) is 21.9 Å². The van der Waals surface area contributed by atoms with Crippen molar-refractivity contribution < 1.29 is 0 Å². The van der Waals surface area contributed by atoms with Crippen molar-refractivity contribution in [3.8, 4) is 11.1 Å². The highest BCUT2D eigenvalue weighted by Gasteiger charge is 2.24. The number of benzene rings is 4. The number of nitrogens with one attached hydrogen (secondary N) is 2. The van der Waals surface area contributed by atoms with Crippen molar-refractivity contribution in [2.24, 2.45) is 0 Å². The molecule has 2 nitrogen and oxygen atoms in total. The summed E-state index contributed by atoms with van der Waals surface area (Å²) in [5, 5.41) is 1.60. The Bertz CT molecular complexity index is 2000. The second-order valence-corrected chi connectivity index (χ2v) is 9.79. The minimum Gasteiger partial charge on any atom is -0.356 e. The Balaban J connectivity index is 1.86. The zero-order valence-corrected chi connectivity index (χ0v) is 21.1. The molecule has 0 unspecified atom stereocenters. The molecule has 0 aliphatic rings. The first-order valence-electron chi connectivity index (χ1n) is 11.8. The maximum atomic E-state index is 6.79. The quantitative estimate of drug-likeness (QED) is 0.224. The molecule has 2 aromatic heterocycles. The van der Waals surface area contributed by atoms with Crippen LogP contribution in [-0.2, 0) is 0 Å². The van der Waals surface area contributed by atoms with E-state index >= 15 is 0 Å². The Morgan fingerprint density at radius 2 is 0.450 bits per heavy atom. The number of aromatic amines is 2. The summed E-state index contributed by atoms with van der Waals surface area (Å²) in [6.07, 6.45) is 0. The molecule has 16 heteroatoms. The van der Waals surface area contributed by atoms with E-state index in [2.05, 4.69) is 9.97 Å². The lowest BCUT2D eigenvalue weighted by molar-refractivity contribution is 1.59. The van der Waals surface area contributed by atoms with E-state index in [0.717, 1.165) is 0 Å². The highest BCUT2D eigenvalue weighted by molar-refractivity contribution is 6.72. The Hall–Kier alpha value is -2.61. The van der Waals surface area contributed by atoms with Gasteiger partial charge in [0.2, 0.25) is 0 Å². The Kier molecular flexibility index (Phi) is 6.16. The summed E-state index contributed by atoms with van der Waals surface area (Å²) in [5.74, 6) is 0. The molecule has 2 N–H and O–H groups in total. The van der Waals surface area contributed by atoms with Gasteiger partial charge in [0.1, 0.15) is 110 Å². The van der Waals surface area contributed by atoms with Crippen LogP contribution in [0.3, 0.4) is 0 Å². The van der Waals surface area contributed by atoms with Crippen molar-refractivity contribution in [1.29, 1.82) is 0 Å². The van der Waals surface area contributed by atoms with Crippen LogP contribution < -0.4 is 76.5 Å². The summed E-state index contributed by atoms with van der Waals surface area (Å²) >= 11 is 0. The number of H-pyrrole nitrogens is 2. The molecule has 40 heavy (non-hydrogen) atoms. The second kappa shape index (κ2) is 8.94. The van der Waals surface area contributed by atoms with E-state index in [1.807, 2.05) is 0 Å². The van der Waals surface area contributed by atoms with Crippen LogP contribution in [0.25, 0.3) is 54.7 Å². The van der Waals surface area contributed by atoms with E-state index in [-0.39, 0.29) is 87.6 Å². The normalized spacial score (nSPS) is 11.9. The van der Waals surface area contributed by atoms with Gasteiger partial charge in [-0.1, -0.05) is 54.6 Å². The fourth-order valence-corrected chi connectivity index (χ4v) is 5.62. The summed E-state index contributed by atoms with van der Waals surface area (Å²) in [6.45, 7) is 0. The molecule has 28 radical (unpaired) electrons. The fraction of sp³-hybridized carbons (Fsp3) is 0. The van der Waals surface area contributed by atoms with Crippen molar-refractivity contribution >= 4 is 230 Å². The largest absolute Gasteiger partial charge is 0.356 e. The van der Waals surface area contributed by atoms with Crippen molar-refractivity contribution in [2.45, 2.75) is 0 Å². The molecule has 0 aliphatic heterocycles. The number of hydrogen-bond donors (Lipinski definition) is 2. The smallest absolute Gasteiger partial charge is 0.115 e. The Labute approximate surface area is 250 Å². The molecule has 0 spiro atoms. The first-order chi connectivity index (χ1) is 18.7. The summed E-state index contributed by atoms with van der Waals surface area (Å²) in [7, 11) is 89.5. The lowest BCUT2D eigenvalue weighted by Crippen LogP contribution is -2.48. The monoisotopic (exact) mass is 472 g/mol. The number of aromatic nitrogens is 2. The van der Waals surface area contributed by atoms with Gasteiger partial charge in [0.15, 0.2) is 0 Å². The molecular weight excluding hydrogens is 468 g/mol. The molecule has 0 atom stereocenters. The molecule has 6 rings (SSSR count). The van der Waals surface area contributed by atoms with Gasteiger partial charge in [-0.25, -0.2) is 0 Å². The molecule has 0 fully saturated rings. The number of hydrogen-bond acceptors (Lipinski definition) is 0. The predicted molar refractivity (Wildman–Crippen MR) is 186 cm³/mol. The lowest BCUT2D eigenvalue weighted by Gasteiger charge is -2.24. The second-order valence-electron chi connectivity index (χ2n) is 9.79. The van der Waals surface area contributed by atoms with Crippen LogP contribution in [0.5, 0.6) is 0 Å². The standard InChI is InChI=1S/C24H2B14N2/c25-7-1(9(27)17(35)21-3(7)5-11(29)13(31)15(33)19(37)23(5)39-21)2-8(26)4-6-12(30)14(32)16(34)20(38)24(6)40-22(4)18(36)10(2)28/h39-40H. The van der Waals surface area contributed by atoms with E-state index in [1.165, 1.54) is 0 Å². The van der Waals surface area contributed by atoms with E-state index in [1.54, 1.807) is 0 Å². The summed E-state index contributed by atoms with van der Waals surface area (Å²) < 4.78 is 0. The van der Waals surface area contributed by atoms with E-state index in [9.17, 15) is 0 Å². The zero-order chi connectivity index (χ0) is 29.3. The van der Waals surface area contributed by atoms with Gasteiger partial charge in [0, 0.05) is 22.1 Å². The van der Waals surface area contributed by atoms with E-state index in [4.69, 9.17) is 110 Å². The molecule has 4 aromatic carbocycles. The van der Waals surface area contributed by atoms with Crippen LogP contribution in [-0.4, -0.2) is 120 Å². The van der Waals surface area contributed by atoms with Crippen LogP contribution >= 0.6 is 0 Å². The maximum absolute atomic E-state index is 6.79. The molecule has 0 bridgehead atoms. The van der Waals surface area contributed by atoms with Crippen molar-refractivity contribution in [2.75, 3.05) is 0 Å². The number of rotatable bonds is 1. The minimum absolute atomic E-state index is 0.0721. The van der Waals surface area contributed by atoms with Crippen molar-refractivity contribution in [3.05, 3.63) is 0 Å². The topological polar surface area (TPSA) is 31.6 Å². The van der Waals surface area contributed by atoms with Gasteiger partial charge >= 0.3 is 0 Å². The summed E-state index contributed by atoms with van der Waals surface area (Å²) in [6, 6.07) is 0. The number of fused-ring (bicyclic) bond motifs is 6. The van der Waals surface area contributed by atoms with Crippen LogP contribution in [0.1, 0.15) is 0 Å². The van der Waals surface area contributed by atoms with Crippen molar-refractivity contribution in [1.82, 2.24) is 9.97 Å². The molecule has 0 saturated heterocycles. The molecule has 150 valence electrons. The van der Waals surface area contributed by atoms with Gasteiger partial charge in [-0.05, 0) is 32.7 Å². The van der Waals surface area contributed by atoms with Crippen LogP contribution in [0.2, 0.25) is 0 Å². The summed E-state index contributed by atoms with van der Waals surface area (Å²) in [5.41, 5.74) is 3.68. The van der Waals surface area contributed by atoms with Gasteiger partial charge in [0.05, 0.1) is 0 Å². The third kappa shape index (κ3) is 3.26. The van der Waals surface area contributed by atoms with Gasteiger partial charge < -0.3 is 9.97 Å².